The first-order chi connectivity index (χ1) is 20.0. The van der Waals surface area contributed by atoms with Gasteiger partial charge < -0.3 is 9.47 Å². The standard InChI is InChI=1S/C31H32N6O4/c1-4-5-10-28-32-27-16-13-22(18-29(38)41-3)17-26(27)31(39)36(28)19-21-11-14-23(15-12-21)24-8-6-7-9-25(24)30-33-34-35-37(30)20-40-2/h6-9,11-17H,4-5,10,18-20H2,1-3H3. The van der Waals surface area contributed by atoms with Crippen LogP contribution in [0.1, 0.15) is 36.7 Å². The number of nitrogens with zero attached hydrogens (tertiary/aromatic N) is 6. The summed E-state index contributed by atoms with van der Waals surface area (Å²) in [5, 5.41) is 12.6. The van der Waals surface area contributed by atoms with Crippen LogP contribution in [0.25, 0.3) is 33.4 Å². The van der Waals surface area contributed by atoms with Crippen LogP contribution in [0.4, 0.5) is 0 Å². The van der Waals surface area contributed by atoms with Gasteiger partial charge in [0.15, 0.2) is 5.82 Å². The second-order valence-corrected chi connectivity index (χ2v) is 9.79. The predicted molar refractivity (Wildman–Crippen MR) is 155 cm³/mol. The van der Waals surface area contributed by atoms with Gasteiger partial charge in [-0.05, 0) is 51.2 Å². The van der Waals surface area contributed by atoms with Gasteiger partial charge in [-0.1, -0.05) is 67.9 Å². The fourth-order valence-electron chi connectivity index (χ4n) is 4.86. The van der Waals surface area contributed by atoms with E-state index in [2.05, 4.69) is 22.4 Å². The Morgan fingerprint density at radius 2 is 1.71 bits per heavy atom. The Labute approximate surface area is 237 Å². The molecule has 0 aliphatic rings. The maximum Gasteiger partial charge on any atom is 0.309 e. The summed E-state index contributed by atoms with van der Waals surface area (Å²) in [5.74, 6) is 1.02. The zero-order valence-corrected chi connectivity index (χ0v) is 23.4. The minimum absolute atomic E-state index is 0.101. The van der Waals surface area contributed by atoms with Crippen LogP contribution >= 0.6 is 0 Å². The molecule has 210 valence electrons. The van der Waals surface area contributed by atoms with Crippen molar-refractivity contribution < 1.29 is 14.3 Å². The molecule has 0 N–H and O–H groups in total. The molecule has 0 aliphatic heterocycles. The number of carbonyl (C=O) groups is 1. The highest BCUT2D eigenvalue weighted by molar-refractivity contribution is 5.81. The van der Waals surface area contributed by atoms with Gasteiger partial charge in [0.25, 0.3) is 5.56 Å². The van der Waals surface area contributed by atoms with Crippen LogP contribution in [-0.2, 0) is 40.4 Å². The molecule has 0 spiro atoms. The highest BCUT2D eigenvalue weighted by atomic mass is 16.5. The fourth-order valence-corrected chi connectivity index (χ4v) is 4.86. The van der Waals surface area contributed by atoms with Gasteiger partial charge in [0.1, 0.15) is 12.6 Å². The van der Waals surface area contributed by atoms with E-state index in [0.717, 1.165) is 46.5 Å². The van der Waals surface area contributed by atoms with Crippen molar-refractivity contribution in [1.82, 2.24) is 29.8 Å². The number of unbranched alkanes of at least 4 members (excludes halogenated alkanes) is 1. The van der Waals surface area contributed by atoms with Crippen molar-refractivity contribution in [2.45, 2.75) is 45.9 Å². The lowest BCUT2D eigenvalue weighted by Crippen LogP contribution is -2.26. The fraction of sp³-hybridized carbons (Fsp3) is 0.290. The number of benzene rings is 3. The van der Waals surface area contributed by atoms with E-state index in [9.17, 15) is 9.59 Å². The van der Waals surface area contributed by atoms with E-state index >= 15 is 0 Å². The molecule has 0 unspecified atom stereocenters. The van der Waals surface area contributed by atoms with Gasteiger partial charge in [0.05, 0.1) is 31.0 Å². The summed E-state index contributed by atoms with van der Waals surface area (Å²) in [7, 11) is 2.95. The lowest BCUT2D eigenvalue weighted by Gasteiger charge is -2.15. The zero-order chi connectivity index (χ0) is 28.8. The second kappa shape index (κ2) is 12.6. The van der Waals surface area contributed by atoms with E-state index in [1.54, 1.807) is 22.4 Å². The maximum atomic E-state index is 13.7. The normalized spacial score (nSPS) is 11.2. The average molecular weight is 553 g/mol. The first-order valence-electron chi connectivity index (χ1n) is 13.5. The molecular formula is C31H32N6O4. The Morgan fingerprint density at radius 1 is 0.951 bits per heavy atom. The third-order valence-electron chi connectivity index (χ3n) is 6.98. The van der Waals surface area contributed by atoms with Crippen molar-refractivity contribution >= 4 is 16.9 Å². The van der Waals surface area contributed by atoms with Crippen molar-refractivity contribution in [2.24, 2.45) is 0 Å². The minimum atomic E-state index is -0.353. The van der Waals surface area contributed by atoms with Crippen LogP contribution in [0.15, 0.2) is 71.5 Å². The summed E-state index contributed by atoms with van der Waals surface area (Å²) in [5.41, 5.74) is 5.08. The van der Waals surface area contributed by atoms with Crippen LogP contribution in [0.3, 0.4) is 0 Å². The molecule has 10 nitrogen and oxygen atoms in total. The molecule has 0 bridgehead atoms. The largest absolute Gasteiger partial charge is 0.469 e. The summed E-state index contributed by atoms with van der Waals surface area (Å²) >= 11 is 0. The highest BCUT2D eigenvalue weighted by Crippen LogP contribution is 2.31. The molecule has 0 atom stereocenters. The van der Waals surface area contributed by atoms with Crippen LogP contribution < -0.4 is 5.56 Å². The summed E-state index contributed by atoms with van der Waals surface area (Å²) in [6.45, 7) is 2.75. The van der Waals surface area contributed by atoms with Crippen molar-refractivity contribution in [3.8, 4) is 22.5 Å². The molecule has 0 saturated heterocycles. The molecular weight excluding hydrogens is 520 g/mol. The van der Waals surface area contributed by atoms with E-state index in [4.69, 9.17) is 14.5 Å². The molecule has 0 saturated carbocycles. The summed E-state index contributed by atoms with van der Waals surface area (Å²) < 4.78 is 13.4. The lowest BCUT2D eigenvalue weighted by atomic mass is 9.98. The predicted octanol–water partition coefficient (Wildman–Crippen LogP) is 4.43. The number of fused-ring (bicyclic) bond motifs is 1. The van der Waals surface area contributed by atoms with Crippen molar-refractivity contribution in [2.75, 3.05) is 14.2 Å². The van der Waals surface area contributed by atoms with Gasteiger partial charge in [-0.2, -0.15) is 4.68 Å². The molecule has 5 rings (SSSR count). The molecule has 0 fully saturated rings. The van der Waals surface area contributed by atoms with Crippen LogP contribution in [-0.4, -0.2) is 49.9 Å². The monoisotopic (exact) mass is 552 g/mol. The van der Waals surface area contributed by atoms with E-state index in [0.29, 0.717) is 29.7 Å². The van der Waals surface area contributed by atoms with Crippen molar-refractivity contribution in [1.29, 1.82) is 0 Å². The molecule has 2 aromatic heterocycles. The smallest absolute Gasteiger partial charge is 0.309 e. The van der Waals surface area contributed by atoms with E-state index in [-0.39, 0.29) is 24.7 Å². The van der Waals surface area contributed by atoms with Crippen LogP contribution in [0.2, 0.25) is 0 Å². The summed E-state index contributed by atoms with van der Waals surface area (Å²) in [4.78, 5) is 30.4. The number of hydrogen-bond donors (Lipinski definition) is 0. The number of hydrogen-bond acceptors (Lipinski definition) is 8. The third-order valence-corrected chi connectivity index (χ3v) is 6.98. The highest BCUT2D eigenvalue weighted by Gasteiger charge is 2.16. The number of aryl methyl sites for hydroxylation is 1. The van der Waals surface area contributed by atoms with Gasteiger partial charge >= 0.3 is 5.97 Å². The number of tetrazole rings is 1. The molecule has 2 heterocycles. The van der Waals surface area contributed by atoms with E-state index < -0.39 is 0 Å². The number of ether oxygens (including phenoxy) is 2. The minimum Gasteiger partial charge on any atom is -0.469 e. The van der Waals surface area contributed by atoms with Gasteiger partial charge in [-0.15, -0.1) is 5.10 Å². The molecule has 10 heteroatoms. The van der Waals surface area contributed by atoms with Crippen molar-refractivity contribution in [3.63, 3.8) is 0 Å². The molecule has 0 amide bonds. The molecule has 0 radical (unpaired) electrons. The quantitative estimate of drug-likeness (QED) is 0.221. The number of carbonyl (C=O) groups excluding carboxylic acids is 1. The topological polar surface area (TPSA) is 114 Å². The first-order valence-corrected chi connectivity index (χ1v) is 13.5. The molecule has 5 aromatic rings. The van der Waals surface area contributed by atoms with E-state index in [1.165, 1.54) is 7.11 Å². The molecule has 3 aromatic carbocycles. The molecule has 0 aliphatic carbocycles. The lowest BCUT2D eigenvalue weighted by molar-refractivity contribution is -0.139. The Bertz CT molecular complexity index is 1730. The summed E-state index contributed by atoms with van der Waals surface area (Å²) in [6, 6.07) is 21.5. The zero-order valence-electron chi connectivity index (χ0n) is 23.4. The third kappa shape index (κ3) is 6.07. The van der Waals surface area contributed by atoms with E-state index in [1.807, 2.05) is 60.7 Å². The van der Waals surface area contributed by atoms with Crippen LogP contribution in [0, 0.1) is 0 Å². The van der Waals surface area contributed by atoms with Gasteiger partial charge in [-0.3, -0.25) is 14.2 Å². The summed E-state index contributed by atoms with van der Waals surface area (Å²) in [6.07, 6.45) is 2.72. The Kier molecular flexibility index (Phi) is 8.59. The van der Waals surface area contributed by atoms with Gasteiger partial charge in [-0.25, -0.2) is 4.98 Å². The van der Waals surface area contributed by atoms with Crippen molar-refractivity contribution in [3.05, 3.63) is 94.0 Å². The number of rotatable bonds is 11. The van der Waals surface area contributed by atoms with Crippen LogP contribution in [0.5, 0.6) is 0 Å². The first kappa shape index (κ1) is 27.9. The SMILES string of the molecule is CCCCc1nc2ccc(CC(=O)OC)cc2c(=O)n1Cc1ccc(-c2ccccc2-c2nnnn2COC)cc1. The Balaban J connectivity index is 1.49. The number of esters is 1. The maximum absolute atomic E-state index is 13.7. The number of aromatic nitrogens is 6. The number of methoxy groups -OCH3 is 2. The second-order valence-electron chi connectivity index (χ2n) is 9.79. The Hall–Kier alpha value is -4.70. The van der Waals surface area contributed by atoms with Gasteiger partial charge in [0, 0.05) is 19.1 Å². The Morgan fingerprint density at radius 3 is 2.44 bits per heavy atom. The average Bonchev–Trinajstić information content (AvgIpc) is 3.46. The van der Waals surface area contributed by atoms with Gasteiger partial charge in [0.2, 0.25) is 0 Å². The molecule has 41 heavy (non-hydrogen) atoms.